The van der Waals surface area contributed by atoms with Crippen LogP contribution in [0.5, 0.6) is 0 Å². The largest absolute Gasteiger partial charge is 0.356 e. The van der Waals surface area contributed by atoms with Crippen molar-refractivity contribution in [3.8, 4) is 0 Å². The summed E-state index contributed by atoms with van der Waals surface area (Å²) in [6.07, 6.45) is 2.90. The Hall–Kier alpha value is -1.63. The van der Waals surface area contributed by atoms with Gasteiger partial charge in [0.2, 0.25) is 0 Å². The fourth-order valence-electron chi connectivity index (χ4n) is 2.79. The molecule has 4 nitrogen and oxygen atoms in total. The molecule has 0 fully saturated rings. The monoisotopic (exact) mass is 422 g/mol. The molecule has 0 aliphatic carbocycles. The Bertz CT molecular complexity index is 684. The fraction of sp³-hybridized carbons (Fsp3) is 0.333. The summed E-state index contributed by atoms with van der Waals surface area (Å²) >= 11 is 0. The van der Waals surface area contributed by atoms with E-state index in [1.165, 1.54) is 16.8 Å². The van der Waals surface area contributed by atoms with Gasteiger partial charge >= 0.3 is 0 Å². The summed E-state index contributed by atoms with van der Waals surface area (Å²) in [7, 11) is 0. The molecule has 1 N–H and O–H groups in total. The van der Waals surface area contributed by atoms with Crippen LogP contribution in [0.1, 0.15) is 23.7 Å². The van der Waals surface area contributed by atoms with Crippen LogP contribution in [0.25, 0.3) is 0 Å². The Labute approximate surface area is 155 Å². The van der Waals surface area contributed by atoms with Crippen LogP contribution in [-0.4, -0.2) is 24.0 Å². The third-order valence-electron chi connectivity index (χ3n) is 3.97. The van der Waals surface area contributed by atoms with Crippen molar-refractivity contribution in [2.24, 2.45) is 4.99 Å². The first-order valence-corrected chi connectivity index (χ1v) is 7.84. The minimum absolute atomic E-state index is 0. The number of hydrogen-bond acceptors (Lipinski definition) is 2. The van der Waals surface area contributed by atoms with Gasteiger partial charge in [-0.25, -0.2) is 4.99 Å². The minimum Gasteiger partial charge on any atom is -0.356 e. The van der Waals surface area contributed by atoms with Gasteiger partial charge < -0.3 is 10.2 Å². The number of aromatic nitrogens is 1. The number of fused-ring (bicyclic) bond motifs is 1. The standard InChI is InChI=1S/C18H22N4.HI/c1-3-19-18(21-13-16-14(2)7-6-11-20-16)22-12-10-15-8-4-5-9-17(15)22;/h4-9,11H,3,10,12-13H2,1-2H3,(H,19,21);1H. The topological polar surface area (TPSA) is 40.5 Å². The zero-order valence-corrected chi connectivity index (χ0v) is 16.0. The van der Waals surface area contributed by atoms with Crippen LogP contribution in [0.4, 0.5) is 5.69 Å². The summed E-state index contributed by atoms with van der Waals surface area (Å²) < 4.78 is 0. The minimum atomic E-state index is 0. The maximum atomic E-state index is 4.79. The van der Waals surface area contributed by atoms with Crippen LogP contribution in [0.3, 0.4) is 0 Å². The van der Waals surface area contributed by atoms with Gasteiger partial charge in [-0.3, -0.25) is 4.98 Å². The van der Waals surface area contributed by atoms with E-state index in [4.69, 9.17) is 4.99 Å². The highest BCUT2D eigenvalue weighted by molar-refractivity contribution is 14.0. The van der Waals surface area contributed by atoms with E-state index >= 15 is 0 Å². The highest BCUT2D eigenvalue weighted by Gasteiger charge is 2.22. The summed E-state index contributed by atoms with van der Waals surface area (Å²) in [4.78, 5) is 11.5. The molecule has 2 aromatic rings. The zero-order valence-electron chi connectivity index (χ0n) is 13.6. The highest BCUT2D eigenvalue weighted by Crippen LogP contribution is 2.27. The van der Waals surface area contributed by atoms with Crippen LogP contribution >= 0.6 is 24.0 Å². The molecule has 0 atom stereocenters. The summed E-state index contributed by atoms with van der Waals surface area (Å²) in [5, 5.41) is 3.40. The molecule has 122 valence electrons. The van der Waals surface area contributed by atoms with E-state index in [9.17, 15) is 0 Å². The molecule has 1 aliphatic rings. The quantitative estimate of drug-likeness (QED) is 0.468. The predicted molar refractivity (Wildman–Crippen MR) is 107 cm³/mol. The molecule has 5 heteroatoms. The van der Waals surface area contributed by atoms with Crippen molar-refractivity contribution >= 4 is 35.6 Å². The van der Waals surface area contributed by atoms with Gasteiger partial charge in [-0.2, -0.15) is 0 Å². The molecule has 0 radical (unpaired) electrons. The second-order valence-corrected chi connectivity index (χ2v) is 5.47. The number of guanidine groups is 1. The second-order valence-electron chi connectivity index (χ2n) is 5.47. The number of nitrogens with one attached hydrogen (secondary N) is 1. The van der Waals surface area contributed by atoms with E-state index in [0.29, 0.717) is 6.54 Å². The summed E-state index contributed by atoms with van der Waals surface area (Å²) in [5.41, 5.74) is 4.87. The van der Waals surface area contributed by atoms with E-state index in [1.54, 1.807) is 0 Å². The maximum absolute atomic E-state index is 4.79. The van der Waals surface area contributed by atoms with Crippen molar-refractivity contribution in [2.45, 2.75) is 26.8 Å². The fourth-order valence-corrected chi connectivity index (χ4v) is 2.79. The van der Waals surface area contributed by atoms with Gasteiger partial charge in [-0.15, -0.1) is 24.0 Å². The molecule has 0 amide bonds. The maximum Gasteiger partial charge on any atom is 0.198 e. The third-order valence-corrected chi connectivity index (χ3v) is 3.97. The first kappa shape index (κ1) is 17.7. The van der Waals surface area contributed by atoms with E-state index in [-0.39, 0.29) is 24.0 Å². The number of aryl methyl sites for hydroxylation is 1. The Morgan fingerprint density at radius 2 is 2.09 bits per heavy atom. The molecule has 1 aromatic heterocycles. The average molecular weight is 422 g/mol. The molecule has 2 heterocycles. The van der Waals surface area contributed by atoms with Gasteiger partial charge in [0, 0.05) is 25.0 Å². The van der Waals surface area contributed by atoms with Crippen LogP contribution < -0.4 is 10.2 Å². The lowest BCUT2D eigenvalue weighted by atomic mass is 10.2. The molecule has 0 saturated carbocycles. The molecular formula is C18H23IN4. The Morgan fingerprint density at radius 1 is 1.26 bits per heavy atom. The molecular weight excluding hydrogens is 399 g/mol. The normalized spacial score (nSPS) is 13.5. The summed E-state index contributed by atoms with van der Waals surface area (Å²) in [6, 6.07) is 12.6. The third kappa shape index (κ3) is 4.02. The Morgan fingerprint density at radius 3 is 2.87 bits per heavy atom. The summed E-state index contributed by atoms with van der Waals surface area (Å²) in [6.45, 7) is 6.62. The van der Waals surface area contributed by atoms with Crippen LogP contribution in [0.15, 0.2) is 47.6 Å². The van der Waals surface area contributed by atoms with Crippen molar-refractivity contribution < 1.29 is 0 Å². The van der Waals surface area contributed by atoms with Crippen molar-refractivity contribution in [3.05, 3.63) is 59.4 Å². The van der Waals surface area contributed by atoms with Gasteiger partial charge in [0.1, 0.15) is 0 Å². The number of benzene rings is 1. The number of rotatable bonds is 3. The molecule has 1 aromatic carbocycles. The zero-order chi connectivity index (χ0) is 15.4. The smallest absolute Gasteiger partial charge is 0.198 e. The molecule has 0 unspecified atom stereocenters. The van der Waals surface area contributed by atoms with Gasteiger partial charge in [0.25, 0.3) is 0 Å². The molecule has 0 bridgehead atoms. The van der Waals surface area contributed by atoms with Crippen LogP contribution in [0.2, 0.25) is 0 Å². The summed E-state index contributed by atoms with van der Waals surface area (Å²) in [5.74, 6) is 0.942. The number of para-hydroxylation sites is 1. The van der Waals surface area contributed by atoms with E-state index in [0.717, 1.165) is 31.2 Å². The first-order valence-electron chi connectivity index (χ1n) is 7.84. The number of anilines is 1. The highest BCUT2D eigenvalue weighted by atomic mass is 127. The SMILES string of the molecule is CCNC(=NCc1ncccc1C)N1CCc2ccccc21.I. The number of nitrogens with zero attached hydrogens (tertiary/aromatic N) is 3. The van der Waals surface area contributed by atoms with Crippen LogP contribution in [0, 0.1) is 6.92 Å². The van der Waals surface area contributed by atoms with E-state index in [2.05, 4.69) is 59.4 Å². The van der Waals surface area contributed by atoms with Crippen molar-refractivity contribution in [3.63, 3.8) is 0 Å². The van der Waals surface area contributed by atoms with Crippen molar-refractivity contribution in [2.75, 3.05) is 18.0 Å². The molecule has 0 saturated heterocycles. The number of halogens is 1. The van der Waals surface area contributed by atoms with Crippen molar-refractivity contribution in [1.82, 2.24) is 10.3 Å². The number of pyridine rings is 1. The molecule has 3 rings (SSSR count). The van der Waals surface area contributed by atoms with Crippen LogP contribution in [-0.2, 0) is 13.0 Å². The van der Waals surface area contributed by atoms with Gasteiger partial charge in [-0.1, -0.05) is 24.3 Å². The van der Waals surface area contributed by atoms with Gasteiger partial charge in [0.15, 0.2) is 5.96 Å². The predicted octanol–water partition coefficient (Wildman–Crippen LogP) is 3.54. The Kier molecular flexibility index (Phi) is 6.38. The lowest BCUT2D eigenvalue weighted by Crippen LogP contribution is -2.40. The second kappa shape index (κ2) is 8.29. The molecule has 23 heavy (non-hydrogen) atoms. The lowest BCUT2D eigenvalue weighted by Gasteiger charge is -2.22. The molecule has 1 aliphatic heterocycles. The molecule has 0 spiro atoms. The van der Waals surface area contributed by atoms with Gasteiger partial charge in [-0.05, 0) is 43.5 Å². The van der Waals surface area contributed by atoms with Gasteiger partial charge in [0.05, 0.1) is 12.2 Å². The number of hydrogen-bond donors (Lipinski definition) is 1. The van der Waals surface area contributed by atoms with E-state index in [1.807, 2.05) is 12.3 Å². The average Bonchev–Trinajstić information content (AvgIpc) is 2.97. The first-order chi connectivity index (χ1) is 10.8. The number of aliphatic imine (C=N–C) groups is 1. The van der Waals surface area contributed by atoms with E-state index < -0.39 is 0 Å². The lowest BCUT2D eigenvalue weighted by molar-refractivity contribution is 0.870. The van der Waals surface area contributed by atoms with Crippen molar-refractivity contribution in [1.29, 1.82) is 0 Å². The Balaban J connectivity index is 0.00000192.